The predicted molar refractivity (Wildman–Crippen MR) is 99.3 cm³/mol. The molecule has 1 aromatic heterocycles. The number of benzene rings is 1. The van der Waals surface area contributed by atoms with Crippen LogP contribution < -0.4 is 5.32 Å². The molecule has 1 unspecified atom stereocenters. The molecule has 0 spiro atoms. The first-order valence-electron chi connectivity index (χ1n) is 8.08. The van der Waals surface area contributed by atoms with E-state index in [1.54, 1.807) is 32.9 Å². The first-order chi connectivity index (χ1) is 11.7. The third-order valence-electron chi connectivity index (χ3n) is 4.18. The van der Waals surface area contributed by atoms with Crippen LogP contribution in [-0.4, -0.2) is 23.9 Å². The van der Waals surface area contributed by atoms with E-state index >= 15 is 0 Å². The van der Waals surface area contributed by atoms with Crippen molar-refractivity contribution >= 4 is 27.3 Å². The summed E-state index contributed by atoms with van der Waals surface area (Å²) in [5.41, 5.74) is 1.66. The number of hydrogen-bond acceptors (Lipinski definition) is 5. The highest BCUT2D eigenvalue weighted by molar-refractivity contribution is 7.99. The molecule has 1 N–H and O–H groups in total. The summed E-state index contributed by atoms with van der Waals surface area (Å²) in [5, 5.41) is 3.41. The van der Waals surface area contributed by atoms with Crippen molar-refractivity contribution in [3.8, 4) is 0 Å². The Hall–Kier alpha value is -1.60. The molecule has 0 radical (unpaired) electrons. The van der Waals surface area contributed by atoms with E-state index < -0.39 is 14.6 Å². The van der Waals surface area contributed by atoms with Crippen LogP contribution in [0.2, 0.25) is 0 Å². The number of hydrogen-bond donors (Lipinski definition) is 1. The molecule has 0 fully saturated rings. The lowest BCUT2D eigenvalue weighted by atomic mass is 10.0. The van der Waals surface area contributed by atoms with Crippen LogP contribution in [0, 0.1) is 5.82 Å². The van der Waals surface area contributed by atoms with Crippen LogP contribution in [0.25, 0.3) is 0 Å². The Morgan fingerprint density at radius 3 is 2.64 bits per heavy atom. The van der Waals surface area contributed by atoms with Gasteiger partial charge in [0.1, 0.15) is 5.82 Å². The molecule has 1 atom stereocenters. The molecule has 4 nitrogen and oxygen atoms in total. The van der Waals surface area contributed by atoms with Crippen molar-refractivity contribution < 1.29 is 12.8 Å². The fourth-order valence-corrected chi connectivity index (χ4v) is 4.88. The van der Waals surface area contributed by atoms with Gasteiger partial charge in [0.15, 0.2) is 14.9 Å². The Morgan fingerprint density at radius 1 is 1.24 bits per heavy atom. The second kappa shape index (κ2) is 6.61. The lowest BCUT2D eigenvalue weighted by molar-refractivity contribution is 0.556. The molecule has 3 rings (SSSR count). The zero-order chi connectivity index (χ0) is 18.2. The molecule has 0 saturated carbocycles. The van der Waals surface area contributed by atoms with Crippen LogP contribution >= 0.6 is 11.8 Å². The lowest BCUT2D eigenvalue weighted by Crippen LogP contribution is -2.28. The van der Waals surface area contributed by atoms with Crippen molar-refractivity contribution in [1.29, 1.82) is 0 Å². The number of halogens is 1. The van der Waals surface area contributed by atoms with E-state index in [1.807, 2.05) is 6.07 Å². The fourth-order valence-electron chi connectivity index (χ4n) is 2.68. The molecule has 0 amide bonds. The number of thioether (sulfide) groups is 1. The van der Waals surface area contributed by atoms with Crippen molar-refractivity contribution in [2.24, 2.45) is 0 Å². The largest absolute Gasteiger partial charge is 0.377 e. The van der Waals surface area contributed by atoms with E-state index in [1.165, 1.54) is 30.1 Å². The number of aromatic nitrogens is 1. The molecule has 1 aliphatic heterocycles. The van der Waals surface area contributed by atoms with E-state index in [9.17, 15) is 12.8 Å². The molecule has 2 heterocycles. The predicted octanol–water partition coefficient (Wildman–Crippen LogP) is 4.44. The van der Waals surface area contributed by atoms with Gasteiger partial charge in [-0.05, 0) is 51.0 Å². The van der Waals surface area contributed by atoms with Gasteiger partial charge in [-0.3, -0.25) is 0 Å². The third-order valence-corrected chi connectivity index (χ3v) is 7.75. The van der Waals surface area contributed by atoms with Gasteiger partial charge in [-0.25, -0.2) is 17.8 Å². The number of nitrogens with one attached hydrogen (secondary N) is 1. The lowest BCUT2D eigenvalue weighted by Gasteiger charge is -2.27. The Morgan fingerprint density at radius 2 is 2.00 bits per heavy atom. The van der Waals surface area contributed by atoms with Crippen LogP contribution in [0.15, 0.2) is 46.5 Å². The number of fused-ring (bicyclic) bond motifs is 1. The van der Waals surface area contributed by atoms with Gasteiger partial charge >= 0.3 is 0 Å². The minimum absolute atomic E-state index is 0.0150. The van der Waals surface area contributed by atoms with E-state index in [0.717, 1.165) is 23.4 Å². The second-order valence-corrected chi connectivity index (χ2v) is 10.7. The van der Waals surface area contributed by atoms with E-state index in [0.29, 0.717) is 4.90 Å². The Labute approximate surface area is 152 Å². The zero-order valence-electron chi connectivity index (χ0n) is 14.4. The second-order valence-electron chi connectivity index (χ2n) is 6.99. The number of sulfone groups is 1. The first kappa shape index (κ1) is 18.2. The van der Waals surface area contributed by atoms with Crippen molar-refractivity contribution in [3.05, 3.63) is 47.9 Å². The summed E-state index contributed by atoms with van der Waals surface area (Å²) in [6, 6.07) is 8.33. The summed E-state index contributed by atoms with van der Waals surface area (Å²) >= 11 is 1.53. The molecule has 2 aromatic rings. The van der Waals surface area contributed by atoms with Gasteiger partial charge in [0.05, 0.1) is 22.7 Å². The molecular formula is C18H21FN2O2S2. The zero-order valence-corrected chi connectivity index (χ0v) is 16.0. The summed E-state index contributed by atoms with van der Waals surface area (Å²) in [7, 11) is -3.47. The average molecular weight is 381 g/mol. The van der Waals surface area contributed by atoms with Crippen LogP contribution in [-0.2, 0) is 9.84 Å². The van der Waals surface area contributed by atoms with Crippen molar-refractivity contribution in [1.82, 2.24) is 4.98 Å². The van der Waals surface area contributed by atoms with Crippen LogP contribution in [0.1, 0.15) is 38.8 Å². The van der Waals surface area contributed by atoms with Gasteiger partial charge in [-0.2, -0.15) is 0 Å². The Kier molecular flexibility index (Phi) is 4.81. The number of pyridine rings is 1. The highest BCUT2D eigenvalue weighted by atomic mass is 32.2. The highest BCUT2D eigenvalue weighted by Gasteiger charge is 2.32. The minimum Gasteiger partial charge on any atom is -0.377 e. The molecular weight excluding hydrogens is 359 g/mol. The molecule has 1 aromatic carbocycles. The van der Waals surface area contributed by atoms with Crippen LogP contribution in [0.4, 0.5) is 10.1 Å². The molecule has 134 valence electrons. The smallest absolute Gasteiger partial charge is 0.200 e. The maximum absolute atomic E-state index is 14.0. The summed E-state index contributed by atoms with van der Waals surface area (Å²) in [5.74, 6) is 0.633. The maximum Gasteiger partial charge on any atom is 0.200 e. The number of nitrogens with zero attached hydrogens (tertiary/aromatic N) is 1. The number of rotatable bonds is 3. The first-order valence-corrected chi connectivity index (χ1v) is 10.6. The molecule has 0 saturated heterocycles. The molecule has 0 aliphatic carbocycles. The standard InChI is InChI=1S/C18H21FN2O2S2/c1-18(2,3)25(22,23)16-8-7-12(11-20-16)21-15-9-10-24-17-13(15)5-4-6-14(17)19/h4-8,11,15,21H,9-10H2,1-3H3. The van der Waals surface area contributed by atoms with Gasteiger partial charge in [0.2, 0.25) is 0 Å². The van der Waals surface area contributed by atoms with E-state index in [4.69, 9.17) is 0 Å². The maximum atomic E-state index is 14.0. The topological polar surface area (TPSA) is 59.1 Å². The quantitative estimate of drug-likeness (QED) is 0.853. The molecule has 25 heavy (non-hydrogen) atoms. The van der Waals surface area contributed by atoms with Crippen molar-refractivity contribution in [2.75, 3.05) is 11.1 Å². The Bertz CT molecular complexity index is 875. The van der Waals surface area contributed by atoms with Crippen LogP contribution in [0.5, 0.6) is 0 Å². The molecule has 0 bridgehead atoms. The number of anilines is 1. The fraction of sp³-hybridized carbons (Fsp3) is 0.389. The van der Waals surface area contributed by atoms with Gasteiger partial charge in [0.25, 0.3) is 0 Å². The third kappa shape index (κ3) is 3.53. The molecule has 1 aliphatic rings. The van der Waals surface area contributed by atoms with Gasteiger partial charge in [-0.15, -0.1) is 11.8 Å². The molecule has 7 heteroatoms. The highest BCUT2D eigenvalue weighted by Crippen LogP contribution is 2.39. The normalized spacial score (nSPS) is 17.8. The van der Waals surface area contributed by atoms with Gasteiger partial charge < -0.3 is 5.32 Å². The van der Waals surface area contributed by atoms with Gasteiger partial charge in [-0.1, -0.05) is 12.1 Å². The summed E-state index contributed by atoms with van der Waals surface area (Å²) in [6.45, 7) is 4.96. The summed E-state index contributed by atoms with van der Waals surface area (Å²) in [6.07, 6.45) is 2.39. The Balaban J connectivity index is 1.84. The van der Waals surface area contributed by atoms with Crippen molar-refractivity contribution in [2.45, 2.75) is 47.9 Å². The summed E-state index contributed by atoms with van der Waals surface area (Å²) < 4.78 is 37.9. The van der Waals surface area contributed by atoms with Crippen LogP contribution in [0.3, 0.4) is 0 Å². The van der Waals surface area contributed by atoms with E-state index in [2.05, 4.69) is 10.3 Å². The summed E-state index contributed by atoms with van der Waals surface area (Å²) in [4.78, 5) is 4.81. The van der Waals surface area contributed by atoms with Crippen molar-refractivity contribution in [3.63, 3.8) is 0 Å². The SMILES string of the molecule is CC(C)(C)S(=O)(=O)c1ccc(NC2CCSc3c(F)cccc32)cn1. The van der Waals surface area contributed by atoms with E-state index in [-0.39, 0.29) is 16.9 Å². The average Bonchev–Trinajstić information content (AvgIpc) is 2.55. The monoisotopic (exact) mass is 380 g/mol. The van der Waals surface area contributed by atoms with Gasteiger partial charge in [0, 0.05) is 10.6 Å². The minimum atomic E-state index is -3.47.